The van der Waals surface area contributed by atoms with E-state index in [4.69, 9.17) is 5.73 Å². The highest BCUT2D eigenvalue weighted by molar-refractivity contribution is 7.92. The Bertz CT molecular complexity index is 2430. The summed E-state index contributed by atoms with van der Waals surface area (Å²) < 4.78 is 27.3. The van der Waals surface area contributed by atoms with Crippen LogP contribution in [-0.2, 0) is 10.0 Å². The number of aryl methyl sites for hydroxylation is 1. The highest BCUT2D eigenvalue weighted by Gasteiger charge is 2.22. The largest absolute Gasteiger partial charge is 0.382 e. The zero-order valence-electron chi connectivity index (χ0n) is 25.9. The molecule has 0 aliphatic carbocycles. The lowest BCUT2D eigenvalue weighted by Crippen LogP contribution is -2.33. The van der Waals surface area contributed by atoms with Crippen molar-refractivity contribution < 1.29 is 13.2 Å². The number of fused-ring (bicyclic) bond motifs is 1. The van der Waals surface area contributed by atoms with Crippen molar-refractivity contribution in [3.63, 3.8) is 0 Å². The summed E-state index contributed by atoms with van der Waals surface area (Å²) in [5.41, 5.74) is 8.23. The van der Waals surface area contributed by atoms with E-state index in [9.17, 15) is 18.0 Å². The van der Waals surface area contributed by atoms with E-state index < -0.39 is 22.0 Å². The smallest absolute Gasteiger partial charge is 0.274 e. The Morgan fingerprint density at radius 2 is 1.79 bits per heavy atom. The summed E-state index contributed by atoms with van der Waals surface area (Å²) in [5, 5.41) is 4.92. The molecule has 0 aliphatic rings. The topological polar surface area (TPSA) is 175 Å². The lowest BCUT2D eigenvalue weighted by Gasteiger charge is -2.21. The summed E-state index contributed by atoms with van der Waals surface area (Å²) in [6.07, 6.45) is 6.90. The van der Waals surface area contributed by atoms with Crippen LogP contribution in [-0.4, -0.2) is 45.1 Å². The average molecular weight is 677 g/mol. The molecule has 0 spiro atoms. The number of rotatable bonds is 7. The molecule has 4 heterocycles. The van der Waals surface area contributed by atoms with E-state index in [2.05, 4.69) is 41.8 Å². The highest BCUT2D eigenvalue weighted by atomic mass is 32.2. The van der Waals surface area contributed by atoms with Crippen LogP contribution in [0.2, 0.25) is 0 Å². The van der Waals surface area contributed by atoms with E-state index in [0.29, 0.717) is 33.3 Å². The molecule has 12 nitrogen and oxygen atoms in total. The first kappa shape index (κ1) is 32.0. The van der Waals surface area contributed by atoms with Crippen LogP contribution in [0.15, 0.2) is 90.2 Å². The van der Waals surface area contributed by atoms with Crippen LogP contribution >= 0.6 is 11.3 Å². The summed E-state index contributed by atoms with van der Waals surface area (Å²) in [5.74, 6) is 5.53. The highest BCUT2D eigenvalue weighted by Crippen LogP contribution is 2.25. The molecule has 0 unspecified atom stereocenters. The van der Waals surface area contributed by atoms with Crippen molar-refractivity contribution in [1.29, 1.82) is 0 Å². The van der Waals surface area contributed by atoms with Gasteiger partial charge in [-0.25, -0.2) is 23.4 Å². The predicted octanol–water partition coefficient (Wildman–Crippen LogP) is 4.45. The molecule has 0 aliphatic heterocycles. The van der Waals surface area contributed by atoms with Crippen molar-refractivity contribution >= 4 is 49.5 Å². The van der Waals surface area contributed by atoms with Crippen LogP contribution in [0.4, 0.5) is 11.5 Å². The molecule has 4 N–H and O–H groups in total. The monoisotopic (exact) mass is 676 g/mol. The molecule has 240 valence electrons. The number of sulfonamides is 1. The lowest BCUT2D eigenvalue weighted by atomic mass is 10.0. The normalized spacial score (nSPS) is 11.8. The van der Waals surface area contributed by atoms with Crippen LogP contribution in [0.3, 0.4) is 0 Å². The van der Waals surface area contributed by atoms with Gasteiger partial charge in [0, 0.05) is 28.7 Å². The molecule has 0 radical (unpaired) electrons. The number of nitrogens with zero attached hydrogens (tertiary/aromatic N) is 5. The maximum absolute atomic E-state index is 14.3. The molecular formula is C34H28N8O4S2. The average Bonchev–Trinajstić information content (AvgIpc) is 3.48. The molecule has 4 aromatic heterocycles. The fraction of sp³-hybridized carbons (Fsp3) is 0.118. The third-order valence-corrected chi connectivity index (χ3v) is 8.61. The van der Waals surface area contributed by atoms with E-state index in [1.54, 1.807) is 17.7 Å². The maximum atomic E-state index is 14.3. The van der Waals surface area contributed by atoms with Gasteiger partial charge in [0.25, 0.3) is 11.5 Å². The van der Waals surface area contributed by atoms with Gasteiger partial charge in [0.15, 0.2) is 11.5 Å². The number of nitrogens with one attached hydrogen (secondary N) is 2. The molecule has 0 fully saturated rings. The van der Waals surface area contributed by atoms with Crippen LogP contribution < -0.4 is 21.3 Å². The number of thiazole rings is 1. The van der Waals surface area contributed by atoms with Crippen molar-refractivity contribution in [2.45, 2.75) is 19.9 Å². The number of carbonyl (C=O) groups is 1. The number of carbonyl (C=O) groups excluding carboxylic acids is 1. The van der Waals surface area contributed by atoms with Gasteiger partial charge in [0.1, 0.15) is 0 Å². The number of pyridine rings is 2. The summed E-state index contributed by atoms with van der Waals surface area (Å²) in [6, 6.07) is 17.3. The van der Waals surface area contributed by atoms with Gasteiger partial charge in [-0.1, -0.05) is 36.3 Å². The first-order chi connectivity index (χ1) is 23.0. The molecule has 14 heteroatoms. The van der Waals surface area contributed by atoms with Gasteiger partial charge in [-0.2, -0.15) is 0 Å². The number of aromatic nitrogens is 5. The van der Waals surface area contributed by atoms with E-state index in [0.717, 1.165) is 16.1 Å². The van der Waals surface area contributed by atoms with Gasteiger partial charge >= 0.3 is 0 Å². The van der Waals surface area contributed by atoms with Crippen molar-refractivity contribution in [1.82, 2.24) is 29.8 Å². The molecule has 1 amide bonds. The minimum Gasteiger partial charge on any atom is -0.382 e. The second-order valence-electron chi connectivity index (χ2n) is 10.8. The van der Waals surface area contributed by atoms with Crippen molar-refractivity contribution in [3.8, 4) is 28.8 Å². The number of para-hydroxylation sites is 1. The molecule has 0 saturated heterocycles. The molecule has 0 saturated carbocycles. The number of nitrogen functional groups attached to an aromatic ring is 1. The second kappa shape index (κ2) is 13.1. The molecule has 6 aromatic rings. The summed E-state index contributed by atoms with van der Waals surface area (Å²) >= 11 is 1.48. The number of amides is 1. The summed E-state index contributed by atoms with van der Waals surface area (Å²) in [6.45, 7) is 3.66. The number of benzene rings is 2. The SMILES string of the molecule is Cc1ncc(C#Cc2cccc3cc([C@H](C)NC(=O)c4nc(-c5cncc(NS(C)(=O)=O)c5)cnc4N)n(-c4ccccc4)c(=O)c23)s1. The zero-order chi connectivity index (χ0) is 34.0. The first-order valence-corrected chi connectivity index (χ1v) is 17.2. The number of hydrogen-bond acceptors (Lipinski definition) is 10. The third kappa shape index (κ3) is 6.92. The molecule has 1 atom stereocenters. The van der Waals surface area contributed by atoms with Crippen molar-refractivity contribution in [2.75, 3.05) is 16.7 Å². The van der Waals surface area contributed by atoms with Crippen LogP contribution in [0.1, 0.15) is 44.6 Å². The number of nitrogens with two attached hydrogens (primary N) is 1. The fourth-order valence-electron chi connectivity index (χ4n) is 5.09. The quantitative estimate of drug-likeness (QED) is 0.206. The Morgan fingerprint density at radius 1 is 1.00 bits per heavy atom. The van der Waals surface area contributed by atoms with Crippen LogP contribution in [0.25, 0.3) is 27.7 Å². The molecule has 6 rings (SSSR count). The Labute approximate surface area is 279 Å². The number of anilines is 2. The summed E-state index contributed by atoms with van der Waals surface area (Å²) in [7, 11) is -3.54. The van der Waals surface area contributed by atoms with Gasteiger partial charge < -0.3 is 11.1 Å². The molecule has 48 heavy (non-hydrogen) atoms. The fourth-order valence-corrected chi connectivity index (χ4v) is 6.26. The Morgan fingerprint density at radius 3 is 2.52 bits per heavy atom. The Balaban J connectivity index is 1.38. The third-order valence-electron chi connectivity index (χ3n) is 7.18. The van der Waals surface area contributed by atoms with E-state index >= 15 is 0 Å². The minimum atomic E-state index is -3.54. The standard InChI is InChI=1S/C34H28N8O4S2/c1-20(39-33(43)31-32(35)38-19-28(40-31)24-14-25(17-36-16-24)41-48(3,45)46)29-15-23-9-7-8-22(12-13-27-18-37-21(2)47-27)30(23)34(44)42(29)26-10-5-4-6-11-26/h4-11,14-20,41H,1-3H3,(H2,35,38)(H,39,43)/t20-/m0/s1. The van der Waals surface area contributed by atoms with E-state index in [1.807, 2.05) is 61.5 Å². The lowest BCUT2D eigenvalue weighted by molar-refractivity contribution is 0.0934. The number of hydrogen-bond donors (Lipinski definition) is 3. The molecular weight excluding hydrogens is 649 g/mol. The predicted molar refractivity (Wildman–Crippen MR) is 186 cm³/mol. The van der Waals surface area contributed by atoms with Crippen LogP contribution in [0, 0.1) is 18.8 Å². The van der Waals surface area contributed by atoms with Crippen molar-refractivity contribution in [2.24, 2.45) is 0 Å². The van der Waals surface area contributed by atoms with Gasteiger partial charge in [0.05, 0.1) is 57.5 Å². The van der Waals surface area contributed by atoms with Gasteiger partial charge in [0.2, 0.25) is 10.0 Å². The second-order valence-corrected chi connectivity index (χ2v) is 13.8. The van der Waals surface area contributed by atoms with Gasteiger partial charge in [-0.15, -0.1) is 11.3 Å². The molecule has 0 bridgehead atoms. The Hall–Kier alpha value is -5.91. The van der Waals surface area contributed by atoms with Crippen LogP contribution in [0.5, 0.6) is 0 Å². The van der Waals surface area contributed by atoms with Gasteiger partial charge in [-0.05, 0) is 55.5 Å². The van der Waals surface area contributed by atoms with E-state index in [1.165, 1.54) is 36.0 Å². The minimum absolute atomic E-state index is 0.111. The maximum Gasteiger partial charge on any atom is 0.274 e. The zero-order valence-corrected chi connectivity index (χ0v) is 27.6. The van der Waals surface area contributed by atoms with E-state index in [-0.39, 0.29) is 28.5 Å². The first-order valence-electron chi connectivity index (χ1n) is 14.5. The Kier molecular flexibility index (Phi) is 8.72. The molecule has 2 aromatic carbocycles. The summed E-state index contributed by atoms with van der Waals surface area (Å²) in [4.78, 5) is 45.6. The van der Waals surface area contributed by atoms with Crippen molar-refractivity contribution in [3.05, 3.63) is 123 Å². The van der Waals surface area contributed by atoms with Gasteiger partial charge in [-0.3, -0.25) is 23.9 Å².